The van der Waals surface area contributed by atoms with Crippen molar-refractivity contribution >= 4 is 40.0 Å². The second kappa shape index (κ2) is 12.3. The van der Waals surface area contributed by atoms with E-state index >= 15 is 0 Å². The first-order chi connectivity index (χ1) is 18.0. The van der Waals surface area contributed by atoms with Crippen molar-refractivity contribution in [1.82, 2.24) is 9.88 Å². The highest BCUT2D eigenvalue weighted by atomic mass is 35.5. The van der Waals surface area contributed by atoms with Gasteiger partial charge in [-0.1, -0.05) is 30.7 Å². The molecule has 0 unspecified atom stereocenters. The number of aliphatic hydroxyl groups excluding tert-OH is 1. The number of hydrogen-bond acceptors (Lipinski definition) is 7. The van der Waals surface area contributed by atoms with Crippen LogP contribution in [0.4, 0.5) is 11.4 Å². The molecule has 0 aliphatic carbocycles. The van der Waals surface area contributed by atoms with Gasteiger partial charge in [-0.25, -0.2) is 0 Å². The molecular weight excluding hydrogens is 488 g/mol. The molecule has 1 aliphatic rings. The SMILES string of the molecule is CCOc1cc2nc(CC)c(C#N)c(Nc3ccc(OC)c(Cl)c3)c2cc1/C=C/CN1CCC(O)CC1. The Bertz CT molecular complexity index is 1330. The summed E-state index contributed by atoms with van der Waals surface area (Å²) >= 11 is 6.37. The maximum atomic E-state index is 10.1. The lowest BCUT2D eigenvalue weighted by Crippen LogP contribution is -2.35. The summed E-state index contributed by atoms with van der Waals surface area (Å²) < 4.78 is 11.3. The Kier molecular flexibility index (Phi) is 8.88. The fraction of sp³-hybridized carbons (Fsp3) is 0.379. The van der Waals surface area contributed by atoms with Crippen molar-refractivity contribution in [2.24, 2.45) is 0 Å². The predicted molar refractivity (Wildman–Crippen MR) is 149 cm³/mol. The molecule has 194 valence electrons. The van der Waals surface area contributed by atoms with Crippen LogP contribution in [0.25, 0.3) is 17.0 Å². The summed E-state index contributed by atoms with van der Waals surface area (Å²) in [5.74, 6) is 1.33. The van der Waals surface area contributed by atoms with E-state index in [1.54, 1.807) is 19.2 Å². The second-order valence-electron chi connectivity index (χ2n) is 9.02. The van der Waals surface area contributed by atoms with E-state index < -0.39 is 0 Å². The molecule has 2 heterocycles. The maximum absolute atomic E-state index is 10.1. The summed E-state index contributed by atoms with van der Waals surface area (Å²) in [6, 6.07) is 11.8. The van der Waals surface area contributed by atoms with Crippen molar-refractivity contribution in [3.05, 3.63) is 58.3 Å². The van der Waals surface area contributed by atoms with Gasteiger partial charge < -0.3 is 19.9 Å². The Labute approximate surface area is 223 Å². The Hall–Kier alpha value is -3.31. The number of anilines is 2. The van der Waals surface area contributed by atoms with Crippen LogP contribution in [0.1, 0.15) is 43.5 Å². The molecule has 7 nitrogen and oxygen atoms in total. The fourth-order valence-corrected chi connectivity index (χ4v) is 4.85. The van der Waals surface area contributed by atoms with Crippen LogP contribution in [-0.4, -0.2) is 54.4 Å². The van der Waals surface area contributed by atoms with Crippen molar-refractivity contribution in [2.45, 2.75) is 39.2 Å². The zero-order valence-corrected chi connectivity index (χ0v) is 22.3. The van der Waals surface area contributed by atoms with Gasteiger partial charge in [-0.2, -0.15) is 5.26 Å². The zero-order chi connectivity index (χ0) is 26.4. The highest BCUT2D eigenvalue weighted by molar-refractivity contribution is 6.32. The number of halogens is 1. The van der Waals surface area contributed by atoms with Gasteiger partial charge in [0.2, 0.25) is 0 Å². The lowest BCUT2D eigenvalue weighted by Gasteiger charge is -2.28. The maximum Gasteiger partial charge on any atom is 0.137 e. The third kappa shape index (κ3) is 6.16. The van der Waals surface area contributed by atoms with Gasteiger partial charge in [0, 0.05) is 42.3 Å². The number of rotatable bonds is 9. The predicted octanol–water partition coefficient (Wildman–Crippen LogP) is 5.94. The second-order valence-corrected chi connectivity index (χ2v) is 9.43. The van der Waals surface area contributed by atoms with Gasteiger partial charge in [0.05, 0.1) is 47.3 Å². The highest BCUT2D eigenvalue weighted by Crippen LogP contribution is 2.37. The van der Waals surface area contributed by atoms with E-state index in [-0.39, 0.29) is 6.10 Å². The molecule has 2 aromatic carbocycles. The Morgan fingerprint density at radius 1 is 1.22 bits per heavy atom. The van der Waals surface area contributed by atoms with Crippen molar-refractivity contribution in [2.75, 3.05) is 38.7 Å². The third-order valence-electron chi connectivity index (χ3n) is 6.58. The topological polar surface area (TPSA) is 90.6 Å². The van der Waals surface area contributed by atoms with Gasteiger partial charge in [0.1, 0.15) is 17.6 Å². The van der Waals surface area contributed by atoms with Gasteiger partial charge in [-0.15, -0.1) is 0 Å². The number of likely N-dealkylation sites (tertiary alicyclic amines) is 1. The monoisotopic (exact) mass is 520 g/mol. The van der Waals surface area contributed by atoms with Gasteiger partial charge in [0.25, 0.3) is 0 Å². The summed E-state index contributed by atoms with van der Waals surface area (Å²) in [7, 11) is 1.58. The summed E-state index contributed by atoms with van der Waals surface area (Å²) in [4.78, 5) is 7.14. The fourth-order valence-electron chi connectivity index (χ4n) is 4.59. The molecule has 0 spiro atoms. The standard InChI is InChI=1S/C29H33ClN4O3/c1-4-25-23(18-31)29(32-20-8-9-27(36-3)24(30)16-20)22-15-19(28(37-5-2)17-26(22)33-25)7-6-12-34-13-10-21(35)11-14-34/h6-9,15-17,21,35H,4-5,10-14H2,1-3H3,(H,32,33)/b7-6+. The van der Waals surface area contributed by atoms with Gasteiger partial charge in [-0.05, 0) is 50.5 Å². The molecule has 0 bridgehead atoms. The molecule has 1 aliphatic heterocycles. The average Bonchev–Trinajstić information content (AvgIpc) is 2.90. The number of piperidine rings is 1. The van der Waals surface area contributed by atoms with E-state index in [1.807, 2.05) is 32.0 Å². The molecule has 1 saturated heterocycles. The molecule has 1 aromatic heterocycles. The lowest BCUT2D eigenvalue weighted by molar-refractivity contribution is 0.0881. The number of nitrogens with one attached hydrogen (secondary N) is 1. The highest BCUT2D eigenvalue weighted by Gasteiger charge is 2.18. The number of nitrogens with zero attached hydrogens (tertiary/aromatic N) is 3. The molecule has 8 heteroatoms. The number of pyridine rings is 1. The quantitative estimate of drug-likeness (QED) is 0.360. The number of methoxy groups -OCH3 is 1. The minimum absolute atomic E-state index is 0.188. The van der Waals surface area contributed by atoms with Crippen LogP contribution in [0.5, 0.6) is 11.5 Å². The van der Waals surface area contributed by atoms with Gasteiger partial charge in [-0.3, -0.25) is 9.88 Å². The van der Waals surface area contributed by atoms with Crippen LogP contribution in [0.2, 0.25) is 5.02 Å². The number of aryl methyl sites for hydroxylation is 1. The first kappa shape index (κ1) is 26.7. The Balaban J connectivity index is 1.77. The van der Waals surface area contributed by atoms with E-state index in [0.29, 0.717) is 35.1 Å². The van der Waals surface area contributed by atoms with Gasteiger partial charge >= 0.3 is 0 Å². The van der Waals surface area contributed by atoms with Crippen LogP contribution < -0.4 is 14.8 Å². The normalized spacial score (nSPS) is 14.7. The number of ether oxygens (including phenoxy) is 2. The van der Waals surface area contributed by atoms with Crippen LogP contribution in [0, 0.1) is 11.3 Å². The van der Waals surface area contributed by atoms with Crippen LogP contribution >= 0.6 is 11.6 Å². The molecule has 3 aromatic rings. The lowest BCUT2D eigenvalue weighted by atomic mass is 10.0. The largest absolute Gasteiger partial charge is 0.495 e. The van der Waals surface area contributed by atoms with E-state index in [2.05, 4.69) is 28.4 Å². The number of hydrogen-bond donors (Lipinski definition) is 2. The number of aliphatic hydroxyl groups is 1. The van der Waals surface area contributed by atoms with Crippen molar-refractivity contribution < 1.29 is 14.6 Å². The molecular formula is C29H33ClN4O3. The van der Waals surface area contributed by atoms with E-state index in [9.17, 15) is 10.4 Å². The smallest absolute Gasteiger partial charge is 0.137 e. The summed E-state index contributed by atoms with van der Waals surface area (Å²) in [5, 5.41) is 24.6. The van der Waals surface area contributed by atoms with Crippen LogP contribution in [-0.2, 0) is 6.42 Å². The molecule has 0 radical (unpaired) electrons. The summed E-state index contributed by atoms with van der Waals surface area (Å²) in [6.45, 7) is 7.04. The first-order valence-electron chi connectivity index (χ1n) is 12.7. The number of benzene rings is 2. The minimum atomic E-state index is -0.188. The Morgan fingerprint density at radius 2 is 2.00 bits per heavy atom. The van der Waals surface area contributed by atoms with Crippen molar-refractivity contribution in [3.63, 3.8) is 0 Å². The Morgan fingerprint density at radius 3 is 2.65 bits per heavy atom. The third-order valence-corrected chi connectivity index (χ3v) is 6.87. The first-order valence-corrected chi connectivity index (χ1v) is 13.1. The number of fused-ring (bicyclic) bond motifs is 1. The molecule has 0 saturated carbocycles. The minimum Gasteiger partial charge on any atom is -0.495 e. The molecule has 4 rings (SSSR count). The number of nitriles is 1. The molecule has 2 N–H and O–H groups in total. The number of aromatic nitrogens is 1. The summed E-state index contributed by atoms with van der Waals surface area (Å²) in [6.07, 6.45) is 6.22. The van der Waals surface area contributed by atoms with Crippen LogP contribution in [0.15, 0.2) is 36.4 Å². The van der Waals surface area contributed by atoms with E-state index in [4.69, 9.17) is 26.1 Å². The van der Waals surface area contributed by atoms with Gasteiger partial charge in [0.15, 0.2) is 0 Å². The zero-order valence-electron chi connectivity index (χ0n) is 21.6. The molecule has 37 heavy (non-hydrogen) atoms. The van der Waals surface area contributed by atoms with E-state index in [1.165, 1.54) is 0 Å². The van der Waals surface area contributed by atoms with Crippen molar-refractivity contribution in [3.8, 4) is 17.6 Å². The van der Waals surface area contributed by atoms with Crippen LogP contribution in [0.3, 0.4) is 0 Å². The summed E-state index contributed by atoms with van der Waals surface area (Å²) in [5.41, 5.74) is 4.33. The molecule has 0 amide bonds. The average molecular weight is 521 g/mol. The van der Waals surface area contributed by atoms with E-state index in [0.717, 1.165) is 66.1 Å². The molecule has 1 fully saturated rings. The van der Waals surface area contributed by atoms with Crippen molar-refractivity contribution in [1.29, 1.82) is 5.26 Å². The molecule has 0 atom stereocenters.